The number of amides is 1. The molecule has 0 bridgehead atoms. The van der Waals surface area contributed by atoms with Crippen LogP contribution in [0.5, 0.6) is 0 Å². The minimum Gasteiger partial charge on any atom is -0.339 e. The summed E-state index contributed by atoms with van der Waals surface area (Å²) in [4.78, 5) is 14.6. The van der Waals surface area contributed by atoms with Crippen LogP contribution in [0.1, 0.15) is 52.9 Å². The molecule has 1 N–H and O–H groups in total. The van der Waals surface area contributed by atoms with E-state index in [1.54, 1.807) is 0 Å². The number of likely N-dealkylation sites (tertiary alicyclic amines) is 1. The molecule has 0 aromatic heterocycles. The first-order valence-electron chi connectivity index (χ1n) is 8.08. The molecule has 2 aliphatic rings. The van der Waals surface area contributed by atoms with Gasteiger partial charge in [-0.25, -0.2) is 0 Å². The van der Waals surface area contributed by atoms with E-state index in [9.17, 15) is 4.79 Å². The molecule has 110 valence electrons. The van der Waals surface area contributed by atoms with Crippen LogP contribution in [0, 0.1) is 17.8 Å². The summed E-state index contributed by atoms with van der Waals surface area (Å²) in [7, 11) is 0. The molecule has 2 saturated heterocycles. The van der Waals surface area contributed by atoms with Crippen molar-refractivity contribution in [1.82, 2.24) is 10.2 Å². The summed E-state index contributed by atoms with van der Waals surface area (Å²) < 4.78 is 0. The second kappa shape index (κ2) is 6.74. The van der Waals surface area contributed by atoms with Crippen LogP contribution in [0.3, 0.4) is 0 Å². The van der Waals surface area contributed by atoms with Crippen molar-refractivity contribution in [2.45, 2.75) is 58.9 Å². The Balaban J connectivity index is 1.81. The van der Waals surface area contributed by atoms with Gasteiger partial charge in [0.15, 0.2) is 0 Å². The van der Waals surface area contributed by atoms with Crippen molar-refractivity contribution in [3.05, 3.63) is 0 Å². The summed E-state index contributed by atoms with van der Waals surface area (Å²) in [6.07, 6.45) is 5.64. The summed E-state index contributed by atoms with van der Waals surface area (Å²) in [5, 5.41) is 3.44. The van der Waals surface area contributed by atoms with Gasteiger partial charge in [0.1, 0.15) is 0 Å². The van der Waals surface area contributed by atoms with Crippen LogP contribution in [0.2, 0.25) is 0 Å². The molecule has 19 heavy (non-hydrogen) atoms. The van der Waals surface area contributed by atoms with Crippen molar-refractivity contribution in [2.24, 2.45) is 17.8 Å². The molecule has 0 spiro atoms. The molecule has 3 nitrogen and oxygen atoms in total. The molecule has 1 amide bonds. The minimum absolute atomic E-state index is 0.386. The number of nitrogens with zero attached hydrogens (tertiary/aromatic N) is 1. The molecule has 0 aromatic rings. The molecular weight excluding hydrogens is 236 g/mol. The Morgan fingerprint density at radius 1 is 1.32 bits per heavy atom. The van der Waals surface area contributed by atoms with Gasteiger partial charge in [0.25, 0.3) is 0 Å². The highest BCUT2D eigenvalue weighted by Gasteiger charge is 2.31. The Hall–Kier alpha value is -0.570. The van der Waals surface area contributed by atoms with Crippen molar-refractivity contribution >= 4 is 5.91 Å². The van der Waals surface area contributed by atoms with Crippen molar-refractivity contribution in [3.63, 3.8) is 0 Å². The minimum atomic E-state index is 0.386. The number of hydrogen-bond donors (Lipinski definition) is 1. The van der Waals surface area contributed by atoms with E-state index in [2.05, 4.69) is 31.0 Å². The predicted octanol–water partition coefficient (Wildman–Crippen LogP) is 2.66. The Bertz CT molecular complexity index is 299. The molecule has 4 unspecified atom stereocenters. The van der Waals surface area contributed by atoms with Gasteiger partial charge in [-0.2, -0.15) is 0 Å². The summed E-state index contributed by atoms with van der Waals surface area (Å²) in [5.41, 5.74) is 0. The zero-order valence-corrected chi connectivity index (χ0v) is 12.8. The zero-order valence-electron chi connectivity index (χ0n) is 12.8. The van der Waals surface area contributed by atoms with E-state index >= 15 is 0 Å². The lowest BCUT2D eigenvalue weighted by Gasteiger charge is -2.41. The maximum absolute atomic E-state index is 12.4. The first-order valence-corrected chi connectivity index (χ1v) is 8.08. The number of carbonyl (C=O) groups is 1. The Morgan fingerprint density at radius 3 is 2.79 bits per heavy atom. The third-order valence-electron chi connectivity index (χ3n) is 5.08. The summed E-state index contributed by atoms with van der Waals surface area (Å²) in [6.45, 7) is 10.0. The van der Waals surface area contributed by atoms with Crippen molar-refractivity contribution < 1.29 is 4.79 Å². The lowest BCUT2D eigenvalue weighted by atomic mass is 9.85. The fraction of sp³-hybridized carbons (Fsp3) is 0.938. The molecule has 0 radical (unpaired) electrons. The van der Waals surface area contributed by atoms with Gasteiger partial charge in [-0.05, 0) is 63.5 Å². The fourth-order valence-electron chi connectivity index (χ4n) is 3.69. The van der Waals surface area contributed by atoms with Crippen LogP contribution in [0.25, 0.3) is 0 Å². The van der Waals surface area contributed by atoms with Gasteiger partial charge < -0.3 is 10.2 Å². The summed E-state index contributed by atoms with van der Waals surface area (Å²) >= 11 is 0. The highest BCUT2D eigenvalue weighted by atomic mass is 16.2. The third-order valence-corrected chi connectivity index (χ3v) is 5.08. The van der Waals surface area contributed by atoms with Crippen molar-refractivity contribution in [2.75, 3.05) is 19.6 Å². The van der Waals surface area contributed by atoms with Crippen LogP contribution in [-0.4, -0.2) is 36.5 Å². The lowest BCUT2D eigenvalue weighted by molar-refractivity contribution is -0.137. The van der Waals surface area contributed by atoms with E-state index in [4.69, 9.17) is 0 Å². The first kappa shape index (κ1) is 14.8. The van der Waals surface area contributed by atoms with Gasteiger partial charge in [-0.1, -0.05) is 13.8 Å². The third kappa shape index (κ3) is 3.95. The average molecular weight is 266 g/mol. The van der Waals surface area contributed by atoms with E-state index in [0.29, 0.717) is 29.7 Å². The number of hydrogen-bond acceptors (Lipinski definition) is 2. The van der Waals surface area contributed by atoms with Gasteiger partial charge in [-0.3, -0.25) is 4.79 Å². The van der Waals surface area contributed by atoms with E-state index in [-0.39, 0.29) is 0 Å². The SMILES string of the molecule is CC1CC(C)C(C)N(C(=O)CCC2CCCNC2)C1. The lowest BCUT2D eigenvalue weighted by Crippen LogP contribution is -2.49. The van der Waals surface area contributed by atoms with Gasteiger partial charge in [-0.15, -0.1) is 0 Å². The van der Waals surface area contributed by atoms with E-state index < -0.39 is 0 Å². The first-order chi connectivity index (χ1) is 9.08. The highest BCUT2D eigenvalue weighted by Crippen LogP contribution is 2.28. The maximum Gasteiger partial charge on any atom is 0.222 e. The topological polar surface area (TPSA) is 32.3 Å². The van der Waals surface area contributed by atoms with Gasteiger partial charge >= 0.3 is 0 Å². The molecule has 4 atom stereocenters. The van der Waals surface area contributed by atoms with E-state index in [1.807, 2.05) is 0 Å². The summed E-state index contributed by atoms with van der Waals surface area (Å²) in [6, 6.07) is 0.424. The quantitative estimate of drug-likeness (QED) is 0.852. The Morgan fingerprint density at radius 2 is 2.11 bits per heavy atom. The zero-order chi connectivity index (χ0) is 13.8. The second-order valence-electron chi connectivity index (χ2n) is 6.86. The second-order valence-corrected chi connectivity index (χ2v) is 6.86. The highest BCUT2D eigenvalue weighted by molar-refractivity contribution is 5.76. The Kier molecular flexibility index (Phi) is 5.26. The predicted molar refractivity (Wildman–Crippen MR) is 78.9 cm³/mol. The largest absolute Gasteiger partial charge is 0.339 e. The monoisotopic (exact) mass is 266 g/mol. The van der Waals surface area contributed by atoms with E-state index in [0.717, 1.165) is 32.5 Å². The van der Waals surface area contributed by atoms with Crippen LogP contribution >= 0.6 is 0 Å². The van der Waals surface area contributed by atoms with Crippen molar-refractivity contribution in [3.8, 4) is 0 Å². The molecule has 3 heteroatoms. The van der Waals surface area contributed by atoms with E-state index in [1.165, 1.54) is 19.3 Å². The maximum atomic E-state index is 12.4. The molecule has 2 heterocycles. The van der Waals surface area contributed by atoms with Crippen LogP contribution < -0.4 is 5.32 Å². The molecular formula is C16H30N2O. The van der Waals surface area contributed by atoms with Crippen LogP contribution in [-0.2, 0) is 4.79 Å². The number of rotatable bonds is 3. The molecule has 0 saturated carbocycles. The number of nitrogens with one attached hydrogen (secondary N) is 1. The van der Waals surface area contributed by atoms with Crippen molar-refractivity contribution in [1.29, 1.82) is 0 Å². The molecule has 0 aromatic carbocycles. The van der Waals surface area contributed by atoms with Gasteiger partial charge in [0, 0.05) is 19.0 Å². The number of carbonyl (C=O) groups excluding carboxylic acids is 1. The Labute approximate surface area is 118 Å². The smallest absolute Gasteiger partial charge is 0.222 e. The molecule has 2 rings (SSSR count). The summed E-state index contributed by atoms with van der Waals surface area (Å²) in [5.74, 6) is 2.40. The molecule has 2 aliphatic heterocycles. The molecule has 0 aliphatic carbocycles. The normalized spacial score (nSPS) is 36.3. The van der Waals surface area contributed by atoms with Gasteiger partial charge in [0.2, 0.25) is 5.91 Å². The molecule has 2 fully saturated rings. The number of piperidine rings is 2. The average Bonchev–Trinajstić information content (AvgIpc) is 2.41. The van der Waals surface area contributed by atoms with Gasteiger partial charge in [0.05, 0.1) is 0 Å². The van der Waals surface area contributed by atoms with Crippen LogP contribution in [0.4, 0.5) is 0 Å². The standard InChI is InChI=1S/C16H30N2O/c1-12-9-13(2)14(3)18(11-12)16(19)7-6-15-5-4-8-17-10-15/h12-15,17H,4-11H2,1-3H3. The fourth-order valence-corrected chi connectivity index (χ4v) is 3.69. The van der Waals surface area contributed by atoms with Crippen LogP contribution in [0.15, 0.2) is 0 Å².